The second-order valence-electron chi connectivity index (χ2n) is 3.90. The number of hydrogen-bond donors (Lipinski definition) is 1. The molecule has 16 heavy (non-hydrogen) atoms. The summed E-state index contributed by atoms with van der Waals surface area (Å²) in [6.45, 7) is 4.08. The molecule has 1 aliphatic heterocycles. The fraction of sp³-hybridized carbons (Fsp3) is 0.364. The van der Waals surface area contributed by atoms with Gasteiger partial charge in [0.25, 0.3) is 0 Å². The van der Waals surface area contributed by atoms with E-state index in [-0.39, 0.29) is 0 Å². The third-order valence-corrected chi connectivity index (χ3v) is 3.47. The molecule has 0 saturated carbocycles. The summed E-state index contributed by atoms with van der Waals surface area (Å²) in [6.07, 6.45) is 2.06. The van der Waals surface area contributed by atoms with Crippen LogP contribution in [0.2, 0.25) is 0 Å². The molecule has 0 bridgehead atoms. The van der Waals surface area contributed by atoms with Crippen LogP contribution in [-0.2, 0) is 0 Å². The molecular weight excluding hydrogens is 268 g/mol. The number of fused-ring (bicyclic) bond motifs is 1. The Kier molecular flexibility index (Phi) is 2.57. The van der Waals surface area contributed by atoms with Crippen LogP contribution in [0.25, 0.3) is 5.52 Å². The molecule has 0 spiro atoms. The summed E-state index contributed by atoms with van der Waals surface area (Å²) < 4.78 is 3.05. The maximum absolute atomic E-state index is 4.59. The number of nitrogens with one attached hydrogen (secondary N) is 1. The second kappa shape index (κ2) is 4.07. The van der Waals surface area contributed by atoms with Gasteiger partial charge in [0.15, 0.2) is 0 Å². The molecule has 84 valence electrons. The highest BCUT2D eigenvalue weighted by atomic mass is 79.9. The molecule has 5 heteroatoms. The summed E-state index contributed by atoms with van der Waals surface area (Å²) in [5.74, 6) is 1.03. The molecule has 2 aromatic rings. The summed E-state index contributed by atoms with van der Waals surface area (Å²) in [5.41, 5.74) is 1.12. The molecule has 1 fully saturated rings. The molecule has 0 aromatic carbocycles. The fourth-order valence-electron chi connectivity index (χ4n) is 2.07. The van der Waals surface area contributed by atoms with Crippen LogP contribution >= 0.6 is 15.9 Å². The van der Waals surface area contributed by atoms with E-state index in [1.807, 2.05) is 12.1 Å². The topological polar surface area (TPSA) is 32.6 Å². The van der Waals surface area contributed by atoms with Crippen molar-refractivity contribution in [2.75, 3.05) is 31.1 Å². The van der Waals surface area contributed by atoms with E-state index in [2.05, 4.69) is 47.8 Å². The Morgan fingerprint density at radius 1 is 1.25 bits per heavy atom. The van der Waals surface area contributed by atoms with E-state index in [9.17, 15) is 0 Å². The number of rotatable bonds is 1. The van der Waals surface area contributed by atoms with Crippen molar-refractivity contribution in [2.45, 2.75) is 0 Å². The first-order chi connectivity index (χ1) is 7.86. The van der Waals surface area contributed by atoms with Crippen molar-refractivity contribution in [3.05, 3.63) is 29.0 Å². The van der Waals surface area contributed by atoms with Crippen molar-refractivity contribution >= 4 is 27.4 Å². The number of pyridine rings is 1. The molecule has 1 N–H and O–H groups in total. The fourth-order valence-corrected chi connectivity index (χ4v) is 2.55. The maximum atomic E-state index is 4.59. The van der Waals surface area contributed by atoms with Crippen molar-refractivity contribution in [2.24, 2.45) is 0 Å². The number of anilines is 1. The monoisotopic (exact) mass is 280 g/mol. The van der Waals surface area contributed by atoms with Crippen LogP contribution in [0.3, 0.4) is 0 Å². The first-order valence-corrected chi connectivity index (χ1v) is 6.24. The average Bonchev–Trinajstić information content (AvgIpc) is 2.69. The van der Waals surface area contributed by atoms with Gasteiger partial charge in [-0.15, -0.1) is 0 Å². The maximum Gasteiger partial charge on any atom is 0.211 e. The molecule has 1 aliphatic rings. The van der Waals surface area contributed by atoms with Gasteiger partial charge in [-0.25, -0.2) is 4.98 Å². The average molecular weight is 281 g/mol. The minimum atomic E-state index is 0.918. The molecule has 3 heterocycles. The summed E-state index contributed by atoms with van der Waals surface area (Å²) in [4.78, 5) is 6.90. The summed E-state index contributed by atoms with van der Waals surface area (Å²) in [6, 6.07) is 6.14. The number of piperazine rings is 1. The zero-order valence-corrected chi connectivity index (χ0v) is 10.4. The molecule has 2 aromatic heterocycles. The van der Waals surface area contributed by atoms with Crippen LogP contribution < -0.4 is 10.2 Å². The van der Waals surface area contributed by atoms with Crippen LogP contribution in [0.1, 0.15) is 0 Å². The smallest absolute Gasteiger partial charge is 0.211 e. The van der Waals surface area contributed by atoms with Gasteiger partial charge in [0.2, 0.25) is 5.95 Å². The van der Waals surface area contributed by atoms with Gasteiger partial charge < -0.3 is 10.2 Å². The highest BCUT2D eigenvalue weighted by Gasteiger charge is 2.17. The summed E-state index contributed by atoms with van der Waals surface area (Å²) in [5, 5.41) is 3.35. The van der Waals surface area contributed by atoms with Crippen LogP contribution in [0.5, 0.6) is 0 Å². The quantitative estimate of drug-likeness (QED) is 0.860. The van der Waals surface area contributed by atoms with Crippen molar-refractivity contribution in [3.8, 4) is 0 Å². The lowest BCUT2D eigenvalue weighted by Crippen LogP contribution is -2.44. The SMILES string of the molecule is Brc1nc(N2CCNCC2)n2ccccc12. The van der Waals surface area contributed by atoms with Gasteiger partial charge in [-0.3, -0.25) is 4.40 Å². The normalized spacial score (nSPS) is 16.9. The van der Waals surface area contributed by atoms with Crippen molar-refractivity contribution in [3.63, 3.8) is 0 Å². The minimum absolute atomic E-state index is 0.918. The Morgan fingerprint density at radius 3 is 2.88 bits per heavy atom. The first-order valence-electron chi connectivity index (χ1n) is 5.44. The first kappa shape index (κ1) is 10.1. The predicted octanol–water partition coefficient (Wildman–Crippen LogP) is 1.51. The summed E-state index contributed by atoms with van der Waals surface area (Å²) >= 11 is 3.51. The van der Waals surface area contributed by atoms with Gasteiger partial charge in [0.05, 0.1) is 5.52 Å². The number of halogens is 1. The van der Waals surface area contributed by atoms with E-state index < -0.39 is 0 Å². The molecule has 3 rings (SSSR count). The van der Waals surface area contributed by atoms with E-state index >= 15 is 0 Å². The Morgan fingerprint density at radius 2 is 2.06 bits per heavy atom. The Hall–Kier alpha value is -1.07. The van der Waals surface area contributed by atoms with Crippen molar-refractivity contribution < 1.29 is 0 Å². The molecule has 0 atom stereocenters. The molecule has 4 nitrogen and oxygen atoms in total. The van der Waals surface area contributed by atoms with E-state index in [0.29, 0.717) is 0 Å². The minimum Gasteiger partial charge on any atom is -0.339 e. The number of nitrogens with zero attached hydrogens (tertiary/aromatic N) is 3. The lowest BCUT2D eigenvalue weighted by molar-refractivity contribution is 0.579. The predicted molar refractivity (Wildman–Crippen MR) is 68.0 cm³/mol. The van der Waals surface area contributed by atoms with Crippen LogP contribution in [0.4, 0.5) is 5.95 Å². The molecule has 0 radical (unpaired) electrons. The van der Waals surface area contributed by atoms with E-state index in [0.717, 1.165) is 42.2 Å². The lowest BCUT2D eigenvalue weighted by Gasteiger charge is -2.27. The third-order valence-electron chi connectivity index (χ3n) is 2.88. The number of imidazole rings is 1. The molecule has 0 amide bonds. The molecule has 1 saturated heterocycles. The van der Waals surface area contributed by atoms with E-state index in [1.54, 1.807) is 0 Å². The zero-order valence-electron chi connectivity index (χ0n) is 8.86. The Balaban J connectivity index is 2.08. The summed E-state index contributed by atoms with van der Waals surface area (Å²) in [7, 11) is 0. The van der Waals surface area contributed by atoms with Gasteiger partial charge in [-0.2, -0.15) is 0 Å². The molecule has 0 aliphatic carbocycles. The Labute approximate surface area is 102 Å². The molecular formula is C11H13BrN4. The number of aromatic nitrogens is 2. The third kappa shape index (κ3) is 1.60. The van der Waals surface area contributed by atoms with Gasteiger partial charge in [0, 0.05) is 32.4 Å². The van der Waals surface area contributed by atoms with Crippen LogP contribution in [0, 0.1) is 0 Å². The van der Waals surface area contributed by atoms with Crippen molar-refractivity contribution in [1.82, 2.24) is 14.7 Å². The second-order valence-corrected chi connectivity index (χ2v) is 4.65. The van der Waals surface area contributed by atoms with Gasteiger partial charge in [-0.1, -0.05) is 6.07 Å². The van der Waals surface area contributed by atoms with Crippen molar-refractivity contribution in [1.29, 1.82) is 0 Å². The molecule has 0 unspecified atom stereocenters. The van der Waals surface area contributed by atoms with Crippen LogP contribution in [-0.4, -0.2) is 35.6 Å². The zero-order chi connectivity index (χ0) is 11.0. The largest absolute Gasteiger partial charge is 0.339 e. The highest BCUT2D eigenvalue weighted by molar-refractivity contribution is 9.10. The Bertz CT molecular complexity index is 502. The van der Waals surface area contributed by atoms with Gasteiger partial charge >= 0.3 is 0 Å². The van der Waals surface area contributed by atoms with Gasteiger partial charge in [0.1, 0.15) is 4.60 Å². The number of hydrogen-bond acceptors (Lipinski definition) is 3. The standard InChI is InChI=1S/C11H13BrN4/c12-10-9-3-1-2-6-16(9)11(14-10)15-7-4-13-5-8-15/h1-3,6,13H,4-5,7-8H2. The van der Waals surface area contributed by atoms with Gasteiger partial charge in [-0.05, 0) is 28.1 Å². The van der Waals surface area contributed by atoms with E-state index in [1.165, 1.54) is 0 Å². The highest BCUT2D eigenvalue weighted by Crippen LogP contribution is 2.24. The van der Waals surface area contributed by atoms with Crippen LogP contribution in [0.15, 0.2) is 29.0 Å². The lowest BCUT2D eigenvalue weighted by atomic mass is 10.4. The van der Waals surface area contributed by atoms with E-state index in [4.69, 9.17) is 0 Å².